The van der Waals surface area contributed by atoms with E-state index in [0.29, 0.717) is 10.8 Å². The molecule has 0 bridgehead atoms. The second-order valence-corrected chi connectivity index (χ2v) is 6.96. The topological polar surface area (TPSA) is 87.6 Å². The van der Waals surface area contributed by atoms with Crippen molar-refractivity contribution in [2.45, 2.75) is 31.2 Å². The average Bonchev–Trinajstić information content (AvgIpc) is 3.11. The highest BCUT2D eigenvalue weighted by Crippen LogP contribution is 2.23. The lowest BCUT2D eigenvalue weighted by molar-refractivity contribution is -0.116. The maximum atomic E-state index is 13.0. The molecule has 0 saturated heterocycles. The molecule has 1 unspecified atom stereocenters. The molecule has 2 aromatic heterocycles. The summed E-state index contributed by atoms with van der Waals surface area (Å²) in [5, 5.41) is 11.7. The van der Waals surface area contributed by atoms with Gasteiger partial charge in [0.2, 0.25) is 5.16 Å². The Morgan fingerprint density at radius 1 is 1.24 bits per heavy atom. The molecule has 25 heavy (non-hydrogen) atoms. The normalized spacial score (nSPS) is 12.3. The summed E-state index contributed by atoms with van der Waals surface area (Å²) in [6.07, 6.45) is 0. The lowest BCUT2D eigenvalue weighted by Gasteiger charge is -2.07. The van der Waals surface area contributed by atoms with Crippen LogP contribution in [0.2, 0.25) is 0 Å². The molecule has 3 aromatic rings. The van der Waals surface area contributed by atoms with Gasteiger partial charge in [-0.05, 0) is 43.3 Å². The quantitative estimate of drug-likeness (QED) is 0.643. The van der Waals surface area contributed by atoms with Crippen LogP contribution in [0.4, 0.5) is 0 Å². The minimum absolute atomic E-state index is 0.0195. The zero-order valence-electron chi connectivity index (χ0n) is 14.4. The van der Waals surface area contributed by atoms with E-state index in [1.807, 2.05) is 44.3 Å². The third-order valence-corrected chi connectivity index (χ3v) is 5.18. The van der Waals surface area contributed by atoms with Gasteiger partial charge in [0.25, 0.3) is 5.56 Å². The van der Waals surface area contributed by atoms with Crippen LogP contribution in [0.1, 0.15) is 19.5 Å². The van der Waals surface area contributed by atoms with Gasteiger partial charge in [0.1, 0.15) is 5.78 Å². The molecule has 0 spiro atoms. The first-order chi connectivity index (χ1) is 11.9. The van der Waals surface area contributed by atoms with Crippen molar-refractivity contribution in [1.82, 2.24) is 29.6 Å². The van der Waals surface area contributed by atoms with Crippen LogP contribution >= 0.6 is 11.8 Å². The Balaban J connectivity index is 2.13. The van der Waals surface area contributed by atoms with Gasteiger partial charge < -0.3 is 0 Å². The number of nitrogens with zero attached hydrogens (tertiary/aromatic N) is 6. The van der Waals surface area contributed by atoms with Gasteiger partial charge in [-0.2, -0.15) is 4.68 Å². The highest BCUT2D eigenvalue weighted by molar-refractivity contribution is 8.00. The number of rotatable bonds is 5. The summed E-state index contributed by atoms with van der Waals surface area (Å²) in [4.78, 5) is 24.6. The largest absolute Gasteiger partial charge is 0.299 e. The molecule has 0 fully saturated rings. The Morgan fingerprint density at radius 2 is 1.92 bits per heavy atom. The van der Waals surface area contributed by atoms with Gasteiger partial charge in [-0.25, -0.2) is 4.68 Å². The van der Waals surface area contributed by atoms with Crippen LogP contribution < -0.4 is 5.56 Å². The summed E-state index contributed by atoms with van der Waals surface area (Å²) < 4.78 is 4.73. The predicted molar refractivity (Wildman–Crippen MR) is 94.5 cm³/mol. The van der Waals surface area contributed by atoms with Crippen molar-refractivity contribution in [3.8, 4) is 11.4 Å². The van der Waals surface area contributed by atoms with Crippen molar-refractivity contribution >= 4 is 17.5 Å². The summed E-state index contributed by atoms with van der Waals surface area (Å²) in [6.45, 7) is 5.13. The van der Waals surface area contributed by atoms with Gasteiger partial charge in [-0.15, -0.1) is 5.10 Å². The third-order valence-electron chi connectivity index (χ3n) is 4.03. The van der Waals surface area contributed by atoms with Gasteiger partial charge in [-0.1, -0.05) is 30.0 Å². The predicted octanol–water partition coefficient (Wildman–Crippen LogP) is 1.53. The second-order valence-electron chi connectivity index (χ2n) is 5.65. The summed E-state index contributed by atoms with van der Waals surface area (Å²) in [5.41, 5.74) is 1.62. The van der Waals surface area contributed by atoms with Gasteiger partial charge in [0, 0.05) is 7.05 Å². The maximum absolute atomic E-state index is 13.0. The van der Waals surface area contributed by atoms with E-state index >= 15 is 0 Å². The van der Waals surface area contributed by atoms with Crippen molar-refractivity contribution in [3.63, 3.8) is 0 Å². The fraction of sp³-hybridized carbons (Fsp3) is 0.312. The van der Waals surface area contributed by atoms with Gasteiger partial charge in [0.05, 0.1) is 16.6 Å². The molecule has 0 saturated carbocycles. The van der Waals surface area contributed by atoms with E-state index in [1.54, 1.807) is 16.3 Å². The highest BCUT2D eigenvalue weighted by atomic mass is 32.2. The molecule has 0 radical (unpaired) electrons. The Hall–Kier alpha value is -2.68. The van der Waals surface area contributed by atoms with Crippen LogP contribution in [0.15, 0.2) is 40.3 Å². The number of Topliss-reactive ketones (excluding diaryl/α,β-unsaturated/α-hetero) is 1. The molecule has 0 aliphatic carbocycles. The van der Waals surface area contributed by atoms with Crippen molar-refractivity contribution in [2.24, 2.45) is 7.05 Å². The fourth-order valence-corrected chi connectivity index (χ4v) is 3.23. The van der Waals surface area contributed by atoms with Crippen LogP contribution in [0.25, 0.3) is 11.4 Å². The first-order valence-electron chi connectivity index (χ1n) is 7.71. The molecule has 3 rings (SSSR count). The number of ketones is 1. The van der Waals surface area contributed by atoms with E-state index < -0.39 is 0 Å². The van der Waals surface area contributed by atoms with Crippen LogP contribution in [0.5, 0.6) is 0 Å². The molecule has 1 aromatic carbocycles. The van der Waals surface area contributed by atoms with E-state index in [9.17, 15) is 9.59 Å². The molecular weight excluding hydrogens is 340 g/mol. The van der Waals surface area contributed by atoms with Crippen LogP contribution in [-0.2, 0) is 11.8 Å². The van der Waals surface area contributed by atoms with Gasteiger partial charge >= 0.3 is 0 Å². The Labute approximate surface area is 148 Å². The minimum Gasteiger partial charge on any atom is -0.299 e. The van der Waals surface area contributed by atoms with Crippen molar-refractivity contribution in [3.05, 3.63) is 46.4 Å². The zero-order chi connectivity index (χ0) is 18.1. The van der Waals surface area contributed by atoms with Crippen LogP contribution in [-0.4, -0.2) is 40.6 Å². The number of benzene rings is 1. The van der Waals surface area contributed by atoms with Crippen LogP contribution in [0, 0.1) is 6.92 Å². The van der Waals surface area contributed by atoms with Crippen LogP contribution in [0.3, 0.4) is 0 Å². The van der Waals surface area contributed by atoms with E-state index in [2.05, 4.69) is 15.5 Å². The average molecular weight is 358 g/mol. The Bertz CT molecular complexity index is 972. The molecule has 8 nitrogen and oxygen atoms in total. The number of carbonyl (C=O) groups excluding carboxylic acids is 1. The molecule has 0 aliphatic heterocycles. The zero-order valence-corrected chi connectivity index (χ0v) is 15.2. The third kappa shape index (κ3) is 3.02. The highest BCUT2D eigenvalue weighted by Gasteiger charge is 2.23. The van der Waals surface area contributed by atoms with Crippen molar-refractivity contribution in [2.75, 3.05) is 0 Å². The molecular formula is C16H18N6O2S. The molecule has 0 amide bonds. The first-order valence-corrected chi connectivity index (χ1v) is 8.59. The van der Waals surface area contributed by atoms with E-state index in [0.717, 1.165) is 11.4 Å². The number of tetrazole rings is 1. The first kappa shape index (κ1) is 17.2. The SMILES string of the molecule is CC(=O)C(C)Sc1nnnn1-c1c(C)n(C)n(-c2ccccc2)c1=O. The molecule has 0 N–H and O–H groups in total. The van der Waals surface area contributed by atoms with Crippen molar-refractivity contribution in [1.29, 1.82) is 0 Å². The lowest BCUT2D eigenvalue weighted by atomic mass is 10.3. The summed E-state index contributed by atoms with van der Waals surface area (Å²) in [5.74, 6) is 0.0195. The summed E-state index contributed by atoms with van der Waals surface area (Å²) in [6, 6.07) is 9.35. The minimum atomic E-state index is -0.301. The van der Waals surface area contributed by atoms with E-state index in [4.69, 9.17) is 0 Å². The lowest BCUT2D eigenvalue weighted by Crippen LogP contribution is -2.22. The number of hydrogen-bond acceptors (Lipinski definition) is 6. The standard InChI is InChI=1S/C16H18N6O2S/c1-10-14(21-16(17-18-19-21)25-12(3)11(2)23)15(24)22(20(10)4)13-8-6-5-7-9-13/h5-9,12H,1-4H3. The monoisotopic (exact) mass is 358 g/mol. The number of aromatic nitrogens is 6. The molecule has 2 heterocycles. The Morgan fingerprint density at radius 3 is 2.56 bits per heavy atom. The number of thioether (sulfide) groups is 1. The summed E-state index contributed by atoms with van der Waals surface area (Å²) >= 11 is 1.23. The summed E-state index contributed by atoms with van der Waals surface area (Å²) in [7, 11) is 1.81. The van der Waals surface area contributed by atoms with Gasteiger partial charge in [0.15, 0.2) is 5.69 Å². The Kier molecular flexibility index (Phi) is 4.58. The number of hydrogen-bond donors (Lipinski definition) is 0. The van der Waals surface area contributed by atoms with E-state index in [1.165, 1.54) is 23.4 Å². The number of carbonyl (C=O) groups is 1. The van der Waals surface area contributed by atoms with Gasteiger partial charge in [-0.3, -0.25) is 14.3 Å². The second kappa shape index (κ2) is 6.67. The van der Waals surface area contributed by atoms with E-state index in [-0.39, 0.29) is 16.6 Å². The number of para-hydroxylation sites is 1. The smallest absolute Gasteiger partial charge is 0.297 e. The molecule has 9 heteroatoms. The molecule has 1 atom stereocenters. The maximum Gasteiger partial charge on any atom is 0.297 e. The molecule has 130 valence electrons. The van der Waals surface area contributed by atoms with Crippen molar-refractivity contribution < 1.29 is 4.79 Å². The fourth-order valence-electron chi connectivity index (χ4n) is 2.43. The molecule has 0 aliphatic rings.